The molecule has 0 bridgehead atoms. The quantitative estimate of drug-likeness (QED) is 0.129. The molecule has 3 heterocycles. The zero-order valence-corrected chi connectivity index (χ0v) is 34.9. The lowest BCUT2D eigenvalue weighted by molar-refractivity contribution is -0.374. The van der Waals surface area contributed by atoms with Crippen molar-refractivity contribution < 1.29 is 78.6 Å². The van der Waals surface area contributed by atoms with E-state index in [9.17, 15) is 50.1 Å². The molecule has 332 valence electrons. The summed E-state index contributed by atoms with van der Waals surface area (Å²) in [4.78, 5) is 38.6. The van der Waals surface area contributed by atoms with E-state index in [1.807, 2.05) is 6.08 Å². The van der Waals surface area contributed by atoms with Crippen LogP contribution in [0.5, 0.6) is 0 Å². The maximum Gasteiger partial charge on any atom is 0.337 e. The summed E-state index contributed by atoms with van der Waals surface area (Å²) in [5, 5.41) is 75.3. The summed E-state index contributed by atoms with van der Waals surface area (Å²) in [6.07, 6.45) is -8.24. The van der Waals surface area contributed by atoms with E-state index in [-0.39, 0.29) is 45.6 Å². The van der Waals surface area contributed by atoms with Crippen LogP contribution in [0.1, 0.15) is 98.8 Å². The van der Waals surface area contributed by atoms with Gasteiger partial charge in [0.05, 0.1) is 25.2 Å². The molecule has 0 radical (unpaired) electrons. The van der Waals surface area contributed by atoms with Gasteiger partial charge in [0, 0.05) is 12.0 Å². The van der Waals surface area contributed by atoms with Crippen LogP contribution in [0.2, 0.25) is 0 Å². The molecule has 7 N–H and O–H groups in total. The average Bonchev–Trinajstić information content (AvgIpc) is 3.80. The highest BCUT2D eigenvalue weighted by Crippen LogP contribution is 2.89. The number of cyclic esters (lactones) is 1. The van der Waals surface area contributed by atoms with Gasteiger partial charge in [-0.3, -0.25) is 4.79 Å². The van der Waals surface area contributed by atoms with Gasteiger partial charge in [-0.1, -0.05) is 26.8 Å². The summed E-state index contributed by atoms with van der Waals surface area (Å²) >= 11 is 0. The van der Waals surface area contributed by atoms with Gasteiger partial charge in [0.15, 0.2) is 18.7 Å². The van der Waals surface area contributed by atoms with E-state index in [0.29, 0.717) is 36.7 Å². The number of fused-ring (bicyclic) bond motifs is 2. The van der Waals surface area contributed by atoms with Crippen molar-refractivity contribution in [3.05, 3.63) is 11.6 Å². The standard InChI is InChI=1S/C43H64O16/c1-19-7-8-22(55-34(19)50)20(2)21-11-13-40(4)24-9-10-25-41(5,38(52)53)26(12-14-42(25)18-43(24,42)16-15-39(21,40)3)57-37-33(29(47)27(45)23(17-44)56-37)59-36-31(49)28(46)30(48)32(58-36)35(51)54-6/h7,20-33,36-37,44-49H,8-18H2,1-6H3,(H,52,53)/t20-,21+,22-,23+,24-,25-,26-,27+,28-,29-,30-,31+,32-,33+,36-,37-,39+,40-,41-,42+,43-/m0/s1. The lowest BCUT2D eigenvalue weighted by Crippen LogP contribution is -2.66. The zero-order valence-electron chi connectivity index (χ0n) is 34.9. The summed E-state index contributed by atoms with van der Waals surface area (Å²) < 4.78 is 34.6. The number of rotatable bonds is 9. The van der Waals surface area contributed by atoms with Crippen LogP contribution in [0.25, 0.3) is 0 Å². The Balaban J connectivity index is 1.04. The number of carboxylic acids is 1. The normalized spacial score (nSPS) is 53.4. The number of methoxy groups -OCH3 is 1. The summed E-state index contributed by atoms with van der Waals surface area (Å²) in [6, 6.07) is 0. The third-order valence-electron chi connectivity index (χ3n) is 18.1. The van der Waals surface area contributed by atoms with Crippen molar-refractivity contribution in [2.45, 2.75) is 172 Å². The van der Waals surface area contributed by atoms with Crippen LogP contribution in [0.4, 0.5) is 0 Å². The fraction of sp³-hybridized carbons (Fsp3) is 0.884. The summed E-state index contributed by atoms with van der Waals surface area (Å²) in [6.45, 7) is 9.97. The Morgan fingerprint density at radius 3 is 2.19 bits per heavy atom. The van der Waals surface area contributed by atoms with Gasteiger partial charge in [0.25, 0.3) is 0 Å². The van der Waals surface area contributed by atoms with E-state index in [2.05, 4.69) is 25.5 Å². The molecule has 0 aromatic carbocycles. The maximum absolute atomic E-state index is 13.7. The first-order valence-corrected chi connectivity index (χ1v) is 21.6. The van der Waals surface area contributed by atoms with Crippen LogP contribution in [-0.4, -0.2) is 141 Å². The Bertz CT molecular complexity index is 1710. The summed E-state index contributed by atoms with van der Waals surface area (Å²) in [5.41, 5.74) is -0.943. The van der Waals surface area contributed by atoms with Crippen molar-refractivity contribution in [1.82, 2.24) is 0 Å². The molecule has 16 nitrogen and oxygen atoms in total. The molecule has 8 aliphatic rings. The van der Waals surface area contributed by atoms with E-state index < -0.39 is 91.5 Å². The van der Waals surface area contributed by atoms with Crippen LogP contribution in [0.3, 0.4) is 0 Å². The van der Waals surface area contributed by atoms with Gasteiger partial charge in [0.1, 0.15) is 48.8 Å². The molecule has 0 amide bonds. The molecule has 0 unspecified atom stereocenters. The monoisotopic (exact) mass is 836 g/mol. The summed E-state index contributed by atoms with van der Waals surface area (Å²) in [7, 11) is 1.04. The van der Waals surface area contributed by atoms with E-state index in [1.54, 1.807) is 13.8 Å². The van der Waals surface area contributed by atoms with Gasteiger partial charge in [-0.2, -0.15) is 0 Å². The molecule has 5 saturated carbocycles. The maximum atomic E-state index is 13.7. The first kappa shape index (κ1) is 43.4. The Morgan fingerprint density at radius 2 is 1.53 bits per heavy atom. The molecule has 0 aromatic heterocycles. The minimum atomic E-state index is -1.93. The smallest absolute Gasteiger partial charge is 0.337 e. The number of aliphatic hydroxyl groups excluding tert-OH is 6. The second-order valence-corrected chi connectivity index (χ2v) is 20.1. The number of aliphatic carboxylic acids is 1. The Morgan fingerprint density at radius 1 is 0.831 bits per heavy atom. The number of hydrogen-bond acceptors (Lipinski definition) is 15. The van der Waals surface area contributed by atoms with Crippen molar-refractivity contribution >= 4 is 17.9 Å². The number of ether oxygens (including phenoxy) is 6. The molecule has 2 saturated heterocycles. The van der Waals surface area contributed by atoms with E-state index >= 15 is 0 Å². The fourth-order valence-electron chi connectivity index (χ4n) is 14.6. The minimum Gasteiger partial charge on any atom is -0.481 e. The first-order chi connectivity index (χ1) is 27.8. The van der Waals surface area contributed by atoms with E-state index in [1.165, 1.54) is 0 Å². The molecule has 0 aromatic rings. The largest absolute Gasteiger partial charge is 0.481 e. The number of carboxylic acid groups (broad SMARTS) is 1. The van der Waals surface area contributed by atoms with Crippen molar-refractivity contribution in [1.29, 1.82) is 0 Å². The Hall–Kier alpha value is -2.25. The van der Waals surface area contributed by atoms with Gasteiger partial charge in [-0.05, 0) is 117 Å². The predicted octanol–water partition coefficient (Wildman–Crippen LogP) is 1.58. The Kier molecular flexibility index (Phi) is 11.0. The third kappa shape index (κ3) is 6.08. The highest BCUT2D eigenvalue weighted by atomic mass is 16.8. The van der Waals surface area contributed by atoms with Crippen LogP contribution in [0, 0.1) is 50.7 Å². The molecule has 16 heteroatoms. The number of carbonyl (C=O) groups is 3. The van der Waals surface area contributed by atoms with E-state index in [4.69, 9.17) is 23.7 Å². The van der Waals surface area contributed by atoms with Crippen LogP contribution in [0.15, 0.2) is 11.6 Å². The minimum absolute atomic E-state index is 0.0214. The van der Waals surface area contributed by atoms with Crippen molar-refractivity contribution in [2.24, 2.45) is 50.7 Å². The van der Waals surface area contributed by atoms with Gasteiger partial charge in [0.2, 0.25) is 0 Å². The van der Waals surface area contributed by atoms with E-state index in [0.717, 1.165) is 52.1 Å². The number of esters is 2. The molecule has 3 aliphatic heterocycles. The lowest BCUT2D eigenvalue weighted by atomic mass is 9.41. The zero-order chi connectivity index (χ0) is 42.8. The highest BCUT2D eigenvalue weighted by Gasteiger charge is 2.83. The van der Waals surface area contributed by atoms with Gasteiger partial charge < -0.3 is 64.2 Å². The molecule has 21 atom stereocenters. The lowest BCUT2D eigenvalue weighted by Gasteiger charge is -2.63. The van der Waals surface area contributed by atoms with Gasteiger partial charge >= 0.3 is 17.9 Å². The Labute approximate surface area is 344 Å². The molecule has 59 heavy (non-hydrogen) atoms. The van der Waals surface area contributed by atoms with Crippen LogP contribution < -0.4 is 0 Å². The summed E-state index contributed by atoms with van der Waals surface area (Å²) in [5.74, 6) is -1.59. The molecule has 7 fully saturated rings. The fourth-order valence-corrected chi connectivity index (χ4v) is 14.6. The second kappa shape index (κ2) is 14.9. The molecular weight excluding hydrogens is 772 g/mol. The SMILES string of the molecule is COC(=O)[C@H]1O[C@@H](O[C@H]2[C@H](O[C@H]3CC[C@]45C[C@]46CC[C@]4(C)[C@@H]([C@H](C)[C@@H]7CC=C(C)C(=O)O7)CC[C@@]4(C)[C@@H]6CC[C@H]5[C@]3(C)C(=O)O)O[C@H](CO)[C@@H](O)[C@@H]2O)[C@H](O)[C@@H](O)[C@@H]1O. The number of aliphatic hydroxyl groups is 6. The van der Waals surface area contributed by atoms with Crippen molar-refractivity contribution in [2.75, 3.05) is 13.7 Å². The predicted molar refractivity (Wildman–Crippen MR) is 202 cm³/mol. The van der Waals surface area contributed by atoms with Crippen LogP contribution >= 0.6 is 0 Å². The van der Waals surface area contributed by atoms with Gasteiger partial charge in [-0.25, -0.2) is 9.59 Å². The average molecular weight is 837 g/mol. The molecule has 8 rings (SSSR count). The molecular formula is C43H64O16. The molecule has 2 spiro atoms. The topological polar surface area (TPSA) is 248 Å². The van der Waals surface area contributed by atoms with Crippen molar-refractivity contribution in [3.8, 4) is 0 Å². The number of hydrogen-bond donors (Lipinski definition) is 7. The van der Waals surface area contributed by atoms with Gasteiger partial charge in [-0.15, -0.1) is 0 Å². The first-order valence-electron chi connectivity index (χ1n) is 21.6. The highest BCUT2D eigenvalue weighted by molar-refractivity contribution is 5.88. The third-order valence-corrected chi connectivity index (χ3v) is 18.1. The van der Waals surface area contributed by atoms with Crippen LogP contribution in [-0.2, 0) is 42.8 Å². The number of carbonyl (C=O) groups excluding carboxylic acids is 2. The molecule has 5 aliphatic carbocycles. The van der Waals surface area contributed by atoms with Crippen molar-refractivity contribution in [3.63, 3.8) is 0 Å². The second-order valence-electron chi connectivity index (χ2n) is 20.1.